The quantitative estimate of drug-likeness (QED) is 0.199. The molecule has 1 aromatic rings. The van der Waals surface area contributed by atoms with Crippen LogP contribution >= 0.6 is 22.9 Å². The summed E-state index contributed by atoms with van der Waals surface area (Å²) in [6, 6.07) is 0. The lowest BCUT2D eigenvalue weighted by Crippen LogP contribution is -2.38. The highest BCUT2D eigenvalue weighted by Crippen LogP contribution is 2.17. The zero-order valence-electron chi connectivity index (χ0n) is 15.8. The van der Waals surface area contributed by atoms with Crippen molar-refractivity contribution < 1.29 is 14.8 Å². The molecule has 1 unspecified atom stereocenters. The van der Waals surface area contributed by atoms with Crippen LogP contribution in [0.5, 0.6) is 0 Å². The van der Waals surface area contributed by atoms with Gasteiger partial charge >= 0.3 is 0 Å². The number of halogens is 1. The number of ether oxygens (including phenoxy) is 1. The molecule has 162 valence electrons. The first-order chi connectivity index (χ1) is 13.8. The molecule has 1 aliphatic rings. The molecule has 0 aliphatic carbocycles. The molecule has 1 atom stereocenters. The molecular weight excluding hydrogens is 430 g/mol. The second-order valence-electron chi connectivity index (χ2n) is 5.42. The largest absolute Gasteiger partial charge is 0.381 e. The molecule has 16 heteroatoms. The van der Waals surface area contributed by atoms with Crippen molar-refractivity contribution in [1.29, 1.82) is 0 Å². The number of rotatable bonds is 6. The number of nitro groups is 2. The summed E-state index contributed by atoms with van der Waals surface area (Å²) in [5, 5.41) is 35.6. The summed E-state index contributed by atoms with van der Waals surface area (Å²) in [6.45, 7) is 2.52. The second-order valence-corrected chi connectivity index (χ2v) is 7.11. The Morgan fingerprint density at radius 3 is 2.34 bits per heavy atom. The van der Waals surface area contributed by atoms with Gasteiger partial charge in [0.2, 0.25) is 0 Å². The van der Waals surface area contributed by atoms with Crippen LogP contribution in [0.3, 0.4) is 0 Å². The van der Waals surface area contributed by atoms with Gasteiger partial charge in [0.15, 0.2) is 14.5 Å². The van der Waals surface area contributed by atoms with Crippen LogP contribution in [0.25, 0.3) is 0 Å². The number of nitrogens with zero attached hydrogens (tertiary/aromatic N) is 5. The molecule has 1 aromatic heterocycles. The Labute approximate surface area is 175 Å². The summed E-state index contributed by atoms with van der Waals surface area (Å²) < 4.78 is 5.60. The number of thiazole rings is 1. The van der Waals surface area contributed by atoms with Gasteiger partial charge in [0, 0.05) is 44.2 Å². The number of hydrogen-bond donors (Lipinski definition) is 4. The van der Waals surface area contributed by atoms with Crippen LogP contribution in [-0.2, 0) is 11.3 Å². The van der Waals surface area contributed by atoms with Gasteiger partial charge in [-0.15, -0.1) is 11.3 Å². The van der Waals surface area contributed by atoms with E-state index in [0.29, 0.717) is 30.1 Å². The van der Waals surface area contributed by atoms with E-state index in [1.807, 2.05) is 0 Å². The third-order valence-corrected chi connectivity index (χ3v) is 4.49. The molecule has 0 radical (unpaired) electrons. The Morgan fingerprint density at radius 2 is 1.90 bits per heavy atom. The molecule has 4 N–H and O–H groups in total. The van der Waals surface area contributed by atoms with Crippen LogP contribution in [0, 0.1) is 26.1 Å². The van der Waals surface area contributed by atoms with Crippen molar-refractivity contribution in [1.82, 2.24) is 26.3 Å². The van der Waals surface area contributed by atoms with Gasteiger partial charge in [-0.2, -0.15) is 0 Å². The van der Waals surface area contributed by atoms with Gasteiger partial charge in [-0.3, -0.25) is 0 Å². The first-order valence-corrected chi connectivity index (χ1v) is 9.50. The third kappa shape index (κ3) is 11.0. The highest BCUT2D eigenvalue weighted by Gasteiger charge is 2.16. The van der Waals surface area contributed by atoms with E-state index < -0.39 is 10.1 Å². The van der Waals surface area contributed by atoms with Crippen LogP contribution in [-0.4, -0.2) is 60.8 Å². The molecule has 1 saturated heterocycles. The zero-order chi connectivity index (χ0) is 21.6. The SMILES string of the molecule is CN/C(=N\[N+](=O)[O-])NCC1CCOC1.CN/C(=N\[N+](=O)[O-])NCc1cnc(Cl)s1. The molecule has 0 saturated carbocycles. The molecule has 1 fully saturated rings. The summed E-state index contributed by atoms with van der Waals surface area (Å²) in [4.78, 5) is 24.9. The Balaban J connectivity index is 0.000000291. The van der Waals surface area contributed by atoms with Crippen LogP contribution in [0.2, 0.25) is 4.47 Å². The summed E-state index contributed by atoms with van der Waals surface area (Å²) in [6.07, 6.45) is 2.59. The van der Waals surface area contributed by atoms with Crippen molar-refractivity contribution >= 4 is 34.9 Å². The van der Waals surface area contributed by atoms with Gasteiger partial charge in [-0.1, -0.05) is 11.6 Å². The van der Waals surface area contributed by atoms with E-state index in [-0.39, 0.29) is 11.9 Å². The van der Waals surface area contributed by atoms with Crippen LogP contribution in [0.1, 0.15) is 11.3 Å². The second kappa shape index (κ2) is 13.4. The highest BCUT2D eigenvalue weighted by atomic mass is 35.5. The molecule has 1 aliphatic heterocycles. The van der Waals surface area contributed by atoms with Gasteiger partial charge in [-0.25, -0.2) is 25.2 Å². The number of guanidine groups is 2. The molecule has 0 spiro atoms. The Kier molecular flexibility index (Phi) is 11.2. The minimum atomic E-state index is -0.779. The van der Waals surface area contributed by atoms with E-state index >= 15 is 0 Å². The van der Waals surface area contributed by atoms with Gasteiger partial charge in [0.25, 0.3) is 11.9 Å². The predicted octanol–water partition coefficient (Wildman–Crippen LogP) is 0.0328. The normalized spacial score (nSPS) is 16.4. The maximum atomic E-state index is 10.1. The van der Waals surface area contributed by atoms with Crippen molar-refractivity contribution in [2.45, 2.75) is 13.0 Å². The summed E-state index contributed by atoms with van der Waals surface area (Å²) in [5.74, 6) is 0.687. The van der Waals surface area contributed by atoms with Crippen LogP contribution < -0.4 is 21.3 Å². The summed E-state index contributed by atoms with van der Waals surface area (Å²) in [5.41, 5.74) is 0. The molecule has 2 heterocycles. The lowest BCUT2D eigenvalue weighted by Gasteiger charge is -2.09. The molecule has 2 rings (SSSR count). The van der Waals surface area contributed by atoms with Gasteiger partial charge < -0.3 is 26.0 Å². The average molecular weight is 452 g/mol. The van der Waals surface area contributed by atoms with Crippen molar-refractivity contribution in [3.05, 3.63) is 35.8 Å². The first-order valence-electron chi connectivity index (χ1n) is 8.31. The lowest BCUT2D eigenvalue weighted by atomic mass is 10.1. The standard InChI is InChI=1S/C7H14N4O3.C6H8ClN5O2S/c1-8-7(10-11(12)13)9-4-6-2-3-14-5-6;1-8-6(11-12(13)14)10-3-4-2-9-5(7)15-4/h6H,2-5H2,1H3,(H2,8,9,10);2H,3H2,1H3,(H2,8,10,11). The predicted molar refractivity (Wildman–Crippen MR) is 108 cm³/mol. The van der Waals surface area contributed by atoms with Gasteiger partial charge in [0.1, 0.15) is 10.2 Å². The Morgan fingerprint density at radius 1 is 1.28 bits per heavy atom. The van der Waals surface area contributed by atoms with E-state index in [4.69, 9.17) is 16.3 Å². The van der Waals surface area contributed by atoms with Crippen LogP contribution in [0.4, 0.5) is 0 Å². The average Bonchev–Trinajstić information content (AvgIpc) is 3.33. The number of aromatic nitrogens is 1. The monoisotopic (exact) mass is 451 g/mol. The maximum Gasteiger partial charge on any atom is 0.268 e. The van der Waals surface area contributed by atoms with Gasteiger partial charge in [0.05, 0.1) is 13.2 Å². The van der Waals surface area contributed by atoms with Crippen molar-refractivity contribution in [3.63, 3.8) is 0 Å². The van der Waals surface area contributed by atoms with E-state index in [9.17, 15) is 20.2 Å². The lowest BCUT2D eigenvalue weighted by molar-refractivity contribution is -0.485. The molecule has 0 bridgehead atoms. The fraction of sp³-hybridized carbons (Fsp3) is 0.615. The topological polar surface area (TPSA) is 181 Å². The van der Waals surface area contributed by atoms with Crippen LogP contribution in [0.15, 0.2) is 16.4 Å². The Hall–Kier alpha value is -2.78. The minimum absolute atomic E-state index is 0.0875. The van der Waals surface area contributed by atoms with E-state index in [1.165, 1.54) is 18.4 Å². The van der Waals surface area contributed by atoms with Crippen molar-refractivity contribution in [3.8, 4) is 0 Å². The first kappa shape index (κ1) is 24.3. The third-order valence-electron chi connectivity index (χ3n) is 3.37. The summed E-state index contributed by atoms with van der Waals surface area (Å²) >= 11 is 6.92. The zero-order valence-corrected chi connectivity index (χ0v) is 17.3. The molecule has 0 aromatic carbocycles. The Bertz CT molecular complexity index is 723. The van der Waals surface area contributed by atoms with Gasteiger partial charge in [-0.05, 0) is 6.42 Å². The van der Waals surface area contributed by atoms with E-state index in [1.54, 1.807) is 13.2 Å². The highest BCUT2D eigenvalue weighted by molar-refractivity contribution is 7.15. The van der Waals surface area contributed by atoms with Crippen molar-refractivity contribution in [2.24, 2.45) is 16.1 Å². The summed E-state index contributed by atoms with van der Waals surface area (Å²) in [7, 11) is 3.12. The van der Waals surface area contributed by atoms with E-state index in [0.717, 1.165) is 17.9 Å². The fourth-order valence-electron chi connectivity index (χ4n) is 2.03. The number of nitrogens with one attached hydrogen (secondary N) is 4. The fourth-order valence-corrected chi connectivity index (χ4v) is 2.95. The molecule has 0 amide bonds. The maximum absolute atomic E-state index is 10.1. The number of hydrogen-bond acceptors (Lipinski definition) is 7. The molecule has 14 nitrogen and oxygen atoms in total. The number of hydrazone groups is 2. The minimum Gasteiger partial charge on any atom is -0.381 e. The van der Waals surface area contributed by atoms with E-state index in [2.05, 4.69) is 36.5 Å². The molecular formula is C13H22ClN9O5S. The van der Waals surface area contributed by atoms with Crippen molar-refractivity contribution in [2.75, 3.05) is 33.9 Å². The molecule has 29 heavy (non-hydrogen) atoms. The smallest absolute Gasteiger partial charge is 0.268 e.